The van der Waals surface area contributed by atoms with Crippen LogP contribution in [0.15, 0.2) is 51.8 Å². The summed E-state index contributed by atoms with van der Waals surface area (Å²) in [5.74, 6) is 0.654. The van der Waals surface area contributed by atoms with Crippen molar-refractivity contribution in [2.75, 3.05) is 37.6 Å². The van der Waals surface area contributed by atoms with Gasteiger partial charge in [0.25, 0.3) is 0 Å². The monoisotopic (exact) mass is 366 g/mol. The van der Waals surface area contributed by atoms with Crippen molar-refractivity contribution in [1.82, 2.24) is 14.5 Å². The number of ketones is 1. The van der Waals surface area contributed by atoms with Crippen molar-refractivity contribution >= 4 is 22.7 Å². The third-order valence-electron chi connectivity index (χ3n) is 5.11. The van der Waals surface area contributed by atoms with Crippen LogP contribution >= 0.6 is 0 Å². The largest absolute Gasteiger partial charge is 0.419 e. The molecule has 7 heteroatoms. The highest BCUT2D eigenvalue weighted by atomic mass is 16.4. The summed E-state index contributed by atoms with van der Waals surface area (Å²) in [5, 5.41) is 0. The number of rotatable bonds is 5. The molecule has 0 radical (unpaired) electrons. The number of piperazine rings is 1. The van der Waals surface area contributed by atoms with E-state index in [1.807, 2.05) is 24.4 Å². The summed E-state index contributed by atoms with van der Waals surface area (Å²) in [5.41, 5.74) is 1.74. The molecule has 3 heterocycles. The zero-order chi connectivity index (χ0) is 18.8. The molecule has 2 aromatic heterocycles. The van der Waals surface area contributed by atoms with Crippen molar-refractivity contribution in [3.05, 3.63) is 58.7 Å². The van der Waals surface area contributed by atoms with Crippen LogP contribution in [0, 0.1) is 0 Å². The van der Waals surface area contributed by atoms with E-state index in [1.54, 1.807) is 25.2 Å². The minimum absolute atomic E-state index is 0.0653. The van der Waals surface area contributed by atoms with Crippen molar-refractivity contribution < 1.29 is 9.21 Å². The Kier molecular flexibility index (Phi) is 4.77. The molecule has 1 fully saturated rings. The molecule has 27 heavy (non-hydrogen) atoms. The number of Topliss-reactive ketones (excluding diaryl/α,β-unsaturated/α-hetero) is 1. The average molecular weight is 366 g/mol. The summed E-state index contributed by atoms with van der Waals surface area (Å²) >= 11 is 0. The highest BCUT2D eigenvalue weighted by molar-refractivity contribution is 5.98. The number of hydrogen-bond donors (Lipinski definition) is 0. The molecule has 0 bridgehead atoms. The Morgan fingerprint density at radius 2 is 1.96 bits per heavy atom. The van der Waals surface area contributed by atoms with E-state index >= 15 is 0 Å². The summed E-state index contributed by atoms with van der Waals surface area (Å²) in [6.45, 7) is 4.37. The van der Waals surface area contributed by atoms with E-state index in [1.165, 1.54) is 4.57 Å². The van der Waals surface area contributed by atoms with E-state index in [2.05, 4.69) is 14.8 Å². The maximum Gasteiger partial charge on any atom is 0.419 e. The van der Waals surface area contributed by atoms with Gasteiger partial charge in [-0.1, -0.05) is 6.07 Å². The number of carbonyl (C=O) groups excluding carboxylic acids is 1. The fraction of sp³-hybridized carbons (Fsp3) is 0.350. The lowest BCUT2D eigenvalue weighted by atomic mass is 10.1. The van der Waals surface area contributed by atoms with Gasteiger partial charge < -0.3 is 9.32 Å². The second-order valence-corrected chi connectivity index (χ2v) is 6.80. The van der Waals surface area contributed by atoms with Gasteiger partial charge >= 0.3 is 5.76 Å². The smallest absolute Gasteiger partial charge is 0.408 e. The predicted octanol–water partition coefficient (Wildman–Crippen LogP) is 1.92. The van der Waals surface area contributed by atoms with Crippen LogP contribution in [-0.2, 0) is 7.05 Å². The van der Waals surface area contributed by atoms with Crippen molar-refractivity contribution in [2.45, 2.75) is 6.42 Å². The Balaban J connectivity index is 1.33. The number of benzene rings is 1. The number of oxazole rings is 1. The molecule has 1 aliphatic rings. The zero-order valence-corrected chi connectivity index (χ0v) is 15.3. The van der Waals surface area contributed by atoms with Crippen molar-refractivity contribution in [1.29, 1.82) is 0 Å². The second kappa shape index (κ2) is 7.36. The van der Waals surface area contributed by atoms with Gasteiger partial charge in [0, 0.05) is 58.0 Å². The fourth-order valence-corrected chi connectivity index (χ4v) is 3.45. The Labute approximate surface area is 156 Å². The maximum atomic E-state index is 12.5. The van der Waals surface area contributed by atoms with E-state index in [-0.39, 0.29) is 5.78 Å². The molecule has 0 amide bonds. The predicted molar refractivity (Wildman–Crippen MR) is 103 cm³/mol. The van der Waals surface area contributed by atoms with Crippen LogP contribution in [0.4, 0.5) is 5.82 Å². The molecule has 1 aliphatic heterocycles. The summed E-state index contributed by atoms with van der Waals surface area (Å²) < 4.78 is 6.61. The van der Waals surface area contributed by atoms with Crippen molar-refractivity contribution in [3.8, 4) is 0 Å². The Bertz CT molecular complexity index is 1000. The molecule has 0 N–H and O–H groups in total. The number of nitrogens with zero attached hydrogens (tertiary/aromatic N) is 4. The van der Waals surface area contributed by atoms with Crippen LogP contribution < -0.4 is 10.7 Å². The molecule has 7 nitrogen and oxygen atoms in total. The summed E-state index contributed by atoms with van der Waals surface area (Å²) in [7, 11) is 1.65. The normalized spacial score (nSPS) is 15.4. The van der Waals surface area contributed by atoms with Crippen LogP contribution in [0.3, 0.4) is 0 Å². The summed E-state index contributed by atoms with van der Waals surface area (Å²) in [4.78, 5) is 33.1. The minimum atomic E-state index is -0.416. The van der Waals surface area contributed by atoms with Gasteiger partial charge in [-0.05, 0) is 30.3 Å². The molecular weight excluding hydrogens is 344 g/mol. The molecule has 1 aromatic carbocycles. The Morgan fingerprint density at radius 1 is 1.15 bits per heavy atom. The van der Waals surface area contributed by atoms with Gasteiger partial charge in [0.1, 0.15) is 5.82 Å². The van der Waals surface area contributed by atoms with Gasteiger partial charge in [-0.3, -0.25) is 14.3 Å². The SMILES string of the molecule is Cn1c(=O)oc2cc(C(=O)CCN3CCN(c4ccccn4)CC3)ccc21. The third kappa shape index (κ3) is 3.64. The van der Waals surface area contributed by atoms with Crippen molar-refractivity contribution in [3.63, 3.8) is 0 Å². The first kappa shape index (κ1) is 17.5. The quantitative estimate of drug-likeness (QED) is 0.643. The molecule has 4 rings (SSSR count). The number of pyridine rings is 1. The van der Waals surface area contributed by atoms with Crippen LogP contribution in [0.25, 0.3) is 11.1 Å². The van der Waals surface area contributed by atoms with E-state index in [0.29, 0.717) is 23.1 Å². The minimum Gasteiger partial charge on any atom is -0.408 e. The average Bonchev–Trinajstić information content (AvgIpc) is 3.00. The lowest BCUT2D eigenvalue weighted by molar-refractivity contribution is 0.0962. The van der Waals surface area contributed by atoms with Crippen LogP contribution in [0.5, 0.6) is 0 Å². The van der Waals surface area contributed by atoms with Crippen LogP contribution in [-0.4, -0.2) is 53.0 Å². The lowest BCUT2D eigenvalue weighted by Crippen LogP contribution is -2.47. The third-order valence-corrected chi connectivity index (χ3v) is 5.11. The first-order chi connectivity index (χ1) is 13.1. The highest BCUT2D eigenvalue weighted by Gasteiger charge is 2.19. The molecular formula is C20H22N4O3. The zero-order valence-electron chi connectivity index (χ0n) is 15.3. The van der Waals surface area contributed by atoms with Gasteiger partial charge in [0.2, 0.25) is 0 Å². The van der Waals surface area contributed by atoms with E-state index in [9.17, 15) is 9.59 Å². The number of hydrogen-bond acceptors (Lipinski definition) is 6. The molecule has 0 saturated carbocycles. The lowest BCUT2D eigenvalue weighted by Gasteiger charge is -2.35. The first-order valence-corrected chi connectivity index (χ1v) is 9.13. The van der Waals surface area contributed by atoms with Crippen molar-refractivity contribution in [2.24, 2.45) is 7.05 Å². The van der Waals surface area contributed by atoms with Gasteiger partial charge in [-0.2, -0.15) is 0 Å². The van der Waals surface area contributed by atoms with E-state index in [0.717, 1.165) is 38.5 Å². The molecule has 140 valence electrons. The summed E-state index contributed by atoms with van der Waals surface area (Å²) in [6.07, 6.45) is 2.26. The molecule has 0 spiro atoms. The number of carbonyl (C=O) groups is 1. The second-order valence-electron chi connectivity index (χ2n) is 6.80. The number of aromatic nitrogens is 2. The standard InChI is InChI=1S/C20H22N4O3/c1-22-16-6-5-15(14-18(16)27-20(22)26)17(25)7-9-23-10-12-24(13-11-23)19-4-2-3-8-21-19/h2-6,8,14H,7,9-13H2,1H3. The number of aryl methyl sites for hydroxylation is 1. The molecule has 3 aromatic rings. The molecule has 0 unspecified atom stereocenters. The molecule has 1 saturated heterocycles. The number of fused-ring (bicyclic) bond motifs is 1. The van der Waals surface area contributed by atoms with Gasteiger partial charge in [0.05, 0.1) is 5.52 Å². The van der Waals surface area contributed by atoms with E-state index in [4.69, 9.17) is 4.42 Å². The molecule has 0 atom stereocenters. The van der Waals surface area contributed by atoms with Crippen LogP contribution in [0.1, 0.15) is 16.8 Å². The summed E-state index contributed by atoms with van der Waals surface area (Å²) in [6, 6.07) is 11.1. The Hall–Kier alpha value is -2.93. The van der Waals surface area contributed by atoms with Crippen LogP contribution in [0.2, 0.25) is 0 Å². The van der Waals surface area contributed by atoms with E-state index < -0.39 is 5.76 Å². The highest BCUT2D eigenvalue weighted by Crippen LogP contribution is 2.17. The molecule has 0 aliphatic carbocycles. The van der Waals surface area contributed by atoms with Gasteiger partial charge in [-0.15, -0.1) is 0 Å². The Morgan fingerprint density at radius 3 is 2.70 bits per heavy atom. The number of anilines is 1. The van der Waals surface area contributed by atoms with Gasteiger partial charge in [-0.25, -0.2) is 9.78 Å². The first-order valence-electron chi connectivity index (χ1n) is 9.13. The topological polar surface area (TPSA) is 71.6 Å². The fourth-order valence-electron chi connectivity index (χ4n) is 3.45. The maximum absolute atomic E-state index is 12.5. The van der Waals surface area contributed by atoms with Gasteiger partial charge in [0.15, 0.2) is 11.4 Å².